The Labute approximate surface area is 142 Å². The highest BCUT2D eigenvalue weighted by molar-refractivity contribution is 5.68. The van der Waals surface area contributed by atoms with Gasteiger partial charge in [-0.3, -0.25) is 0 Å². The van der Waals surface area contributed by atoms with Gasteiger partial charge in [0, 0.05) is 0 Å². The minimum absolute atomic E-state index is 0.832. The number of rotatable bonds is 4. The summed E-state index contributed by atoms with van der Waals surface area (Å²) in [6, 6.07) is 18.0. The Morgan fingerprint density at radius 1 is 0.625 bits per heavy atom. The van der Waals surface area contributed by atoms with E-state index in [9.17, 15) is 0 Å². The Kier molecular flexibility index (Phi) is 4.52. The second-order valence-corrected chi connectivity index (χ2v) is 5.73. The lowest BCUT2D eigenvalue weighted by Crippen LogP contribution is -1.91. The minimum Gasteiger partial charge on any atom is -0.497 e. The molecule has 3 aromatic rings. The predicted molar refractivity (Wildman–Crippen MR) is 96.6 cm³/mol. The van der Waals surface area contributed by atoms with E-state index in [0.717, 1.165) is 45.3 Å². The molecule has 0 aliphatic heterocycles. The lowest BCUT2D eigenvalue weighted by molar-refractivity contribution is 0.415. The van der Waals surface area contributed by atoms with Crippen molar-refractivity contribution in [2.75, 3.05) is 14.2 Å². The quantitative estimate of drug-likeness (QED) is 0.592. The molecule has 24 heavy (non-hydrogen) atoms. The van der Waals surface area contributed by atoms with Gasteiger partial charge in [-0.05, 0) is 68.4 Å². The summed E-state index contributed by atoms with van der Waals surface area (Å²) in [6.45, 7) is 4.13. The molecule has 122 valence electrons. The van der Waals surface area contributed by atoms with Gasteiger partial charge in [-0.2, -0.15) is 0 Å². The smallest absolute Gasteiger partial charge is 0.363 e. The molecular weight excluding hydrogens is 300 g/mol. The largest absolute Gasteiger partial charge is 0.497 e. The summed E-state index contributed by atoms with van der Waals surface area (Å²) in [5, 5.41) is 0. The van der Waals surface area contributed by atoms with Crippen LogP contribution in [0.4, 0.5) is 0 Å². The molecule has 0 radical (unpaired) electrons. The monoisotopic (exact) mass is 321 g/mol. The molecule has 1 aromatic heterocycles. The van der Waals surface area contributed by atoms with Crippen molar-refractivity contribution >= 4 is 0 Å². The van der Waals surface area contributed by atoms with Crippen molar-refractivity contribution in [3.05, 3.63) is 65.7 Å². The average Bonchev–Trinajstić information content (AvgIpc) is 2.62. The first-order chi connectivity index (χ1) is 11.6. The molecule has 0 bridgehead atoms. The van der Waals surface area contributed by atoms with E-state index in [1.807, 2.05) is 48.5 Å². The van der Waals surface area contributed by atoms with Crippen LogP contribution in [0.15, 0.2) is 59.0 Å². The van der Waals surface area contributed by atoms with Crippen LogP contribution in [-0.4, -0.2) is 14.2 Å². The molecule has 3 nitrogen and oxygen atoms in total. The van der Waals surface area contributed by atoms with Gasteiger partial charge in [0.1, 0.15) is 11.5 Å². The highest BCUT2D eigenvalue weighted by atomic mass is 16.5. The molecule has 0 saturated heterocycles. The summed E-state index contributed by atoms with van der Waals surface area (Å²) in [5.74, 6) is 3.40. The molecule has 2 aromatic carbocycles. The lowest BCUT2D eigenvalue weighted by atomic mass is 10.0. The zero-order chi connectivity index (χ0) is 17.1. The van der Waals surface area contributed by atoms with E-state index in [-0.39, 0.29) is 0 Å². The molecule has 0 atom stereocenters. The van der Waals surface area contributed by atoms with E-state index in [1.165, 1.54) is 0 Å². The van der Waals surface area contributed by atoms with Gasteiger partial charge in [0.05, 0.1) is 36.5 Å². The van der Waals surface area contributed by atoms with E-state index in [4.69, 9.17) is 13.9 Å². The van der Waals surface area contributed by atoms with E-state index in [0.29, 0.717) is 0 Å². The second kappa shape index (κ2) is 6.75. The van der Waals surface area contributed by atoms with Crippen LogP contribution in [0.25, 0.3) is 22.6 Å². The summed E-state index contributed by atoms with van der Waals surface area (Å²) < 4.78 is 16.7. The van der Waals surface area contributed by atoms with Crippen LogP contribution < -0.4 is 9.47 Å². The second-order valence-electron chi connectivity index (χ2n) is 5.73. The number of hydrogen-bond donors (Lipinski definition) is 0. The Morgan fingerprint density at radius 2 is 1.00 bits per heavy atom. The summed E-state index contributed by atoms with van der Waals surface area (Å²) in [4.78, 5) is 0. The molecular formula is C21H21O3+. The van der Waals surface area contributed by atoms with Crippen LogP contribution >= 0.6 is 0 Å². The van der Waals surface area contributed by atoms with Gasteiger partial charge < -0.3 is 9.47 Å². The molecule has 0 aliphatic carbocycles. The minimum atomic E-state index is 0.832. The van der Waals surface area contributed by atoms with Gasteiger partial charge >= 0.3 is 11.5 Å². The lowest BCUT2D eigenvalue weighted by Gasteiger charge is -2.03. The topological polar surface area (TPSA) is 29.8 Å². The molecule has 1 heterocycles. The van der Waals surface area contributed by atoms with Crippen molar-refractivity contribution in [1.29, 1.82) is 0 Å². The van der Waals surface area contributed by atoms with Gasteiger partial charge in [0.2, 0.25) is 0 Å². The number of ether oxygens (including phenoxy) is 2. The molecule has 0 fully saturated rings. The SMILES string of the molecule is COc1ccc(-c2[o+]c(-c3ccc(OC)cc3)c(C)cc2C)cc1. The zero-order valence-electron chi connectivity index (χ0n) is 14.4. The maximum Gasteiger partial charge on any atom is 0.363 e. The van der Waals surface area contributed by atoms with Gasteiger partial charge in [-0.1, -0.05) is 0 Å². The van der Waals surface area contributed by atoms with Crippen molar-refractivity contribution in [1.82, 2.24) is 0 Å². The van der Waals surface area contributed by atoms with Crippen molar-refractivity contribution < 1.29 is 13.9 Å². The maximum absolute atomic E-state index is 6.28. The molecule has 0 N–H and O–H groups in total. The van der Waals surface area contributed by atoms with Crippen molar-refractivity contribution in [2.45, 2.75) is 13.8 Å². The van der Waals surface area contributed by atoms with Gasteiger partial charge in [0.15, 0.2) is 0 Å². The number of hydrogen-bond acceptors (Lipinski definition) is 2. The van der Waals surface area contributed by atoms with Gasteiger partial charge in [-0.15, -0.1) is 0 Å². The fraction of sp³-hybridized carbons (Fsp3) is 0.190. The molecule has 0 aliphatic rings. The van der Waals surface area contributed by atoms with Crippen molar-refractivity contribution in [3.8, 4) is 34.1 Å². The van der Waals surface area contributed by atoms with E-state index < -0.39 is 0 Å². The first kappa shape index (κ1) is 16.1. The van der Waals surface area contributed by atoms with Crippen LogP contribution in [0.1, 0.15) is 11.1 Å². The van der Waals surface area contributed by atoms with Crippen LogP contribution in [-0.2, 0) is 0 Å². The standard InChI is InChI=1S/C21H21O3/c1-14-13-15(2)21(17-7-11-19(23-4)12-8-17)24-20(14)16-5-9-18(22-3)10-6-16/h5-13H,1-4H3/q+1. The Balaban J connectivity index is 2.07. The fourth-order valence-corrected chi connectivity index (χ4v) is 2.78. The number of aryl methyl sites for hydroxylation is 2. The molecule has 0 saturated carbocycles. The van der Waals surface area contributed by atoms with Gasteiger partial charge in [-0.25, -0.2) is 4.42 Å². The molecule has 3 heteroatoms. The zero-order valence-corrected chi connectivity index (χ0v) is 14.4. The predicted octanol–water partition coefficient (Wildman–Crippen LogP) is 5.53. The van der Waals surface area contributed by atoms with Crippen LogP contribution in [0.5, 0.6) is 11.5 Å². The number of benzene rings is 2. The average molecular weight is 321 g/mol. The molecule has 3 rings (SSSR count). The number of methoxy groups -OCH3 is 2. The fourth-order valence-electron chi connectivity index (χ4n) is 2.78. The third-order valence-electron chi connectivity index (χ3n) is 4.06. The molecule has 0 spiro atoms. The highest BCUT2D eigenvalue weighted by Crippen LogP contribution is 2.33. The molecule has 0 amide bonds. The third kappa shape index (κ3) is 3.11. The van der Waals surface area contributed by atoms with E-state index in [2.05, 4.69) is 19.9 Å². The summed E-state index contributed by atoms with van der Waals surface area (Å²) >= 11 is 0. The van der Waals surface area contributed by atoms with Crippen LogP contribution in [0.3, 0.4) is 0 Å². The van der Waals surface area contributed by atoms with Crippen LogP contribution in [0.2, 0.25) is 0 Å². The Bertz CT molecular complexity index is 765. The van der Waals surface area contributed by atoms with Crippen molar-refractivity contribution in [2.24, 2.45) is 0 Å². The van der Waals surface area contributed by atoms with E-state index in [1.54, 1.807) is 14.2 Å². The van der Waals surface area contributed by atoms with Crippen molar-refractivity contribution in [3.63, 3.8) is 0 Å². The normalized spacial score (nSPS) is 10.5. The summed E-state index contributed by atoms with van der Waals surface area (Å²) in [7, 11) is 3.33. The maximum atomic E-state index is 6.28. The van der Waals surface area contributed by atoms with E-state index >= 15 is 0 Å². The third-order valence-corrected chi connectivity index (χ3v) is 4.06. The Hall–Kier alpha value is -2.81. The van der Waals surface area contributed by atoms with Crippen LogP contribution in [0, 0.1) is 13.8 Å². The highest BCUT2D eigenvalue weighted by Gasteiger charge is 2.23. The summed E-state index contributed by atoms with van der Waals surface area (Å²) in [6.07, 6.45) is 0. The molecule has 0 unspecified atom stereocenters. The summed E-state index contributed by atoms with van der Waals surface area (Å²) in [5.41, 5.74) is 4.27. The van der Waals surface area contributed by atoms with Gasteiger partial charge in [0.25, 0.3) is 0 Å². The Morgan fingerprint density at radius 3 is 1.33 bits per heavy atom. The first-order valence-electron chi connectivity index (χ1n) is 7.85. The first-order valence-corrected chi connectivity index (χ1v) is 7.85.